The molecule has 110 valence electrons. The zero-order valence-corrected chi connectivity index (χ0v) is 13.0. The molecule has 0 atom stereocenters. The third-order valence-corrected chi connectivity index (χ3v) is 3.56. The number of hydrogen-bond acceptors (Lipinski definition) is 3. The topological polar surface area (TPSA) is 54.0 Å². The van der Waals surface area contributed by atoms with Crippen molar-refractivity contribution in [2.75, 3.05) is 10.6 Å². The van der Waals surface area contributed by atoms with Crippen LogP contribution in [0.4, 0.5) is 17.2 Å². The maximum absolute atomic E-state index is 11.5. The van der Waals surface area contributed by atoms with Crippen molar-refractivity contribution < 1.29 is 4.79 Å². The van der Waals surface area contributed by atoms with E-state index in [0.29, 0.717) is 28.0 Å². The molecule has 1 aromatic carbocycles. The summed E-state index contributed by atoms with van der Waals surface area (Å²) in [4.78, 5) is 15.7. The van der Waals surface area contributed by atoms with Crippen molar-refractivity contribution in [2.24, 2.45) is 0 Å². The van der Waals surface area contributed by atoms with Crippen LogP contribution in [0, 0.1) is 0 Å². The second-order valence-electron chi connectivity index (χ2n) is 4.46. The molecule has 1 aromatic heterocycles. The zero-order chi connectivity index (χ0) is 15.2. The van der Waals surface area contributed by atoms with Gasteiger partial charge in [-0.25, -0.2) is 4.98 Å². The third-order valence-electron chi connectivity index (χ3n) is 2.74. The van der Waals surface area contributed by atoms with Gasteiger partial charge in [-0.3, -0.25) is 4.79 Å². The van der Waals surface area contributed by atoms with E-state index in [2.05, 4.69) is 15.6 Å². The quantitative estimate of drug-likeness (QED) is 0.825. The summed E-state index contributed by atoms with van der Waals surface area (Å²) in [5, 5.41) is 6.80. The Morgan fingerprint density at radius 2 is 2.05 bits per heavy atom. The lowest BCUT2D eigenvalue weighted by Crippen LogP contribution is -2.11. The van der Waals surface area contributed by atoms with Crippen LogP contribution >= 0.6 is 23.2 Å². The first kappa shape index (κ1) is 15.6. The summed E-state index contributed by atoms with van der Waals surface area (Å²) in [7, 11) is 0. The van der Waals surface area contributed by atoms with Gasteiger partial charge in [-0.2, -0.15) is 0 Å². The van der Waals surface area contributed by atoms with E-state index in [4.69, 9.17) is 23.2 Å². The second kappa shape index (κ2) is 7.29. The monoisotopic (exact) mass is 323 g/mol. The van der Waals surface area contributed by atoms with Crippen molar-refractivity contribution in [1.29, 1.82) is 0 Å². The Morgan fingerprint density at radius 1 is 1.24 bits per heavy atom. The summed E-state index contributed by atoms with van der Waals surface area (Å²) in [6.45, 7) is 1.95. The highest BCUT2D eigenvalue weighted by molar-refractivity contribution is 6.43. The molecule has 2 N–H and O–H groups in total. The van der Waals surface area contributed by atoms with Gasteiger partial charge in [-0.05, 0) is 30.7 Å². The maximum Gasteiger partial charge on any atom is 0.225 e. The summed E-state index contributed by atoms with van der Waals surface area (Å²) in [5.74, 6) is 0.486. The Labute approximate surface area is 133 Å². The molecule has 0 radical (unpaired) electrons. The molecule has 0 unspecified atom stereocenters. The average Bonchev–Trinajstić information content (AvgIpc) is 2.46. The first-order valence-electron chi connectivity index (χ1n) is 6.57. The van der Waals surface area contributed by atoms with Gasteiger partial charge in [0.15, 0.2) is 0 Å². The van der Waals surface area contributed by atoms with E-state index in [-0.39, 0.29) is 5.91 Å². The molecule has 4 nitrogen and oxygen atoms in total. The van der Waals surface area contributed by atoms with Gasteiger partial charge in [0.1, 0.15) is 5.82 Å². The van der Waals surface area contributed by atoms with E-state index in [9.17, 15) is 4.79 Å². The number of hydrogen-bond donors (Lipinski definition) is 2. The Morgan fingerprint density at radius 3 is 2.71 bits per heavy atom. The van der Waals surface area contributed by atoms with Crippen LogP contribution in [0.15, 0.2) is 36.5 Å². The zero-order valence-electron chi connectivity index (χ0n) is 11.5. The molecule has 0 bridgehead atoms. The summed E-state index contributed by atoms with van der Waals surface area (Å²) >= 11 is 12.1. The van der Waals surface area contributed by atoms with Gasteiger partial charge in [-0.1, -0.05) is 36.2 Å². The molecule has 0 saturated carbocycles. The second-order valence-corrected chi connectivity index (χ2v) is 5.24. The lowest BCUT2D eigenvalue weighted by Gasteiger charge is -2.10. The molecule has 1 amide bonds. The van der Waals surface area contributed by atoms with Crippen LogP contribution in [-0.4, -0.2) is 10.9 Å². The van der Waals surface area contributed by atoms with E-state index in [1.165, 1.54) is 0 Å². The minimum absolute atomic E-state index is 0.0383. The molecule has 0 aliphatic heterocycles. The van der Waals surface area contributed by atoms with Crippen LogP contribution < -0.4 is 10.6 Å². The summed E-state index contributed by atoms with van der Waals surface area (Å²) in [6.07, 6.45) is 2.91. The largest absolute Gasteiger partial charge is 0.353 e. The van der Waals surface area contributed by atoms with E-state index >= 15 is 0 Å². The molecule has 1 heterocycles. The molecule has 6 heteroatoms. The molecule has 0 fully saturated rings. The first-order chi connectivity index (χ1) is 10.1. The smallest absolute Gasteiger partial charge is 0.225 e. The van der Waals surface area contributed by atoms with Gasteiger partial charge >= 0.3 is 0 Å². The number of carbonyl (C=O) groups excluding carboxylic acids is 1. The normalized spacial score (nSPS) is 10.2. The number of anilines is 3. The van der Waals surface area contributed by atoms with Gasteiger partial charge in [0.25, 0.3) is 0 Å². The highest BCUT2D eigenvalue weighted by atomic mass is 35.5. The number of carbonyl (C=O) groups is 1. The number of aromatic nitrogens is 1. The Balaban J connectivity index is 2.05. The number of rotatable bonds is 5. The molecule has 0 aliphatic carbocycles. The number of nitrogens with zero attached hydrogens (tertiary/aromatic N) is 1. The van der Waals surface area contributed by atoms with E-state index in [0.717, 1.165) is 12.1 Å². The highest BCUT2D eigenvalue weighted by Gasteiger charge is 2.05. The number of benzene rings is 1. The van der Waals surface area contributed by atoms with Crippen molar-refractivity contribution in [3.8, 4) is 0 Å². The maximum atomic E-state index is 11.5. The van der Waals surface area contributed by atoms with Crippen LogP contribution in [0.5, 0.6) is 0 Å². The fourth-order valence-electron chi connectivity index (χ4n) is 1.73. The van der Waals surface area contributed by atoms with Crippen LogP contribution in [0.25, 0.3) is 0 Å². The molecular formula is C15H15Cl2N3O. The molecular weight excluding hydrogens is 309 g/mol. The van der Waals surface area contributed by atoms with Gasteiger partial charge < -0.3 is 10.6 Å². The molecule has 21 heavy (non-hydrogen) atoms. The fraction of sp³-hybridized carbons (Fsp3) is 0.200. The molecule has 0 spiro atoms. The van der Waals surface area contributed by atoms with E-state index in [1.807, 2.05) is 25.1 Å². The van der Waals surface area contributed by atoms with Gasteiger partial charge in [-0.15, -0.1) is 0 Å². The van der Waals surface area contributed by atoms with Crippen molar-refractivity contribution >= 4 is 46.3 Å². The van der Waals surface area contributed by atoms with Crippen molar-refractivity contribution in [2.45, 2.75) is 19.8 Å². The fourth-order valence-corrected chi connectivity index (χ4v) is 2.08. The Hall–Kier alpha value is -1.78. The van der Waals surface area contributed by atoms with Crippen molar-refractivity contribution in [1.82, 2.24) is 4.98 Å². The van der Waals surface area contributed by atoms with Crippen molar-refractivity contribution in [3.05, 3.63) is 46.6 Å². The number of pyridine rings is 1. The highest BCUT2D eigenvalue weighted by Crippen LogP contribution is 2.31. The minimum atomic E-state index is -0.0383. The number of halogens is 2. The van der Waals surface area contributed by atoms with Gasteiger partial charge in [0.2, 0.25) is 5.91 Å². The van der Waals surface area contributed by atoms with E-state index in [1.54, 1.807) is 18.3 Å². The summed E-state index contributed by atoms with van der Waals surface area (Å²) in [6, 6.07) is 8.90. The lowest BCUT2D eigenvalue weighted by molar-refractivity contribution is -0.116. The molecule has 2 aromatic rings. The third kappa shape index (κ3) is 4.34. The Bertz CT molecular complexity index is 629. The number of nitrogens with one attached hydrogen (secondary N) is 2. The molecule has 2 rings (SSSR count). The SMILES string of the molecule is CCCC(=O)Nc1ccc(Nc2cccc(Cl)c2Cl)cn1. The molecule has 0 aliphatic rings. The summed E-state index contributed by atoms with van der Waals surface area (Å²) < 4.78 is 0. The lowest BCUT2D eigenvalue weighted by atomic mass is 10.3. The Kier molecular flexibility index (Phi) is 5.42. The molecule has 0 saturated heterocycles. The minimum Gasteiger partial charge on any atom is -0.353 e. The van der Waals surface area contributed by atoms with Crippen LogP contribution in [0.2, 0.25) is 10.0 Å². The van der Waals surface area contributed by atoms with Crippen LogP contribution in [-0.2, 0) is 4.79 Å². The predicted molar refractivity (Wildman–Crippen MR) is 87.5 cm³/mol. The van der Waals surface area contributed by atoms with Crippen LogP contribution in [0.3, 0.4) is 0 Å². The average molecular weight is 324 g/mol. The van der Waals surface area contributed by atoms with Gasteiger partial charge in [0.05, 0.1) is 27.6 Å². The van der Waals surface area contributed by atoms with E-state index < -0.39 is 0 Å². The summed E-state index contributed by atoms with van der Waals surface area (Å²) in [5.41, 5.74) is 1.46. The predicted octanol–water partition coefficient (Wildman–Crippen LogP) is 4.87. The standard InChI is InChI=1S/C15H15Cl2N3O/c1-2-4-14(21)20-13-8-7-10(9-18-13)19-12-6-3-5-11(16)15(12)17/h3,5-9,19H,2,4H2,1H3,(H,18,20,21). The number of amides is 1. The van der Waals surface area contributed by atoms with Gasteiger partial charge in [0, 0.05) is 6.42 Å². The first-order valence-corrected chi connectivity index (χ1v) is 7.32. The van der Waals surface area contributed by atoms with Crippen molar-refractivity contribution in [3.63, 3.8) is 0 Å². The van der Waals surface area contributed by atoms with Crippen LogP contribution in [0.1, 0.15) is 19.8 Å².